The van der Waals surface area contributed by atoms with E-state index < -0.39 is 12.0 Å². The lowest BCUT2D eigenvalue weighted by molar-refractivity contribution is -0.124. The zero-order valence-corrected chi connectivity index (χ0v) is 13.0. The first-order valence-electron chi connectivity index (χ1n) is 7.26. The predicted molar refractivity (Wildman–Crippen MR) is 87.0 cm³/mol. The van der Waals surface area contributed by atoms with E-state index in [0.717, 1.165) is 0 Å². The number of nitrogens with one attached hydrogen (secondary N) is 1. The van der Waals surface area contributed by atoms with E-state index in [0.29, 0.717) is 22.6 Å². The Kier molecular flexibility index (Phi) is 5.34. The number of rotatable bonds is 5. The quantitative estimate of drug-likeness (QED) is 0.889. The third-order valence-corrected chi connectivity index (χ3v) is 3.09. The summed E-state index contributed by atoms with van der Waals surface area (Å²) in [6.45, 7) is 3.74. The number of ether oxygens (including phenoxy) is 1. The van der Waals surface area contributed by atoms with E-state index in [1.54, 1.807) is 42.5 Å². The molecule has 2 aromatic carbocycles. The van der Waals surface area contributed by atoms with Crippen molar-refractivity contribution in [3.05, 3.63) is 59.7 Å². The van der Waals surface area contributed by atoms with E-state index in [9.17, 15) is 15.2 Å². The maximum Gasteiger partial charge on any atom is 0.257 e. The Morgan fingerprint density at radius 2 is 1.91 bits per heavy atom. The van der Waals surface area contributed by atoms with Crippen molar-refractivity contribution in [3.63, 3.8) is 0 Å². The number of hydrogen-bond acceptors (Lipinski definition) is 4. The zero-order valence-electron chi connectivity index (χ0n) is 13.0. The summed E-state index contributed by atoms with van der Waals surface area (Å²) in [6, 6.07) is 15.5. The molecule has 0 radical (unpaired) electrons. The minimum atomic E-state index is -1.27. The Bertz CT molecular complexity index is 721. The maximum atomic E-state index is 12.1. The second-order valence-corrected chi connectivity index (χ2v) is 5.29. The van der Waals surface area contributed by atoms with Crippen LogP contribution in [0.2, 0.25) is 0 Å². The molecule has 118 valence electrons. The average molecular weight is 310 g/mol. The van der Waals surface area contributed by atoms with Gasteiger partial charge in [0.15, 0.2) is 6.10 Å². The van der Waals surface area contributed by atoms with Gasteiger partial charge in [-0.15, -0.1) is 0 Å². The van der Waals surface area contributed by atoms with Crippen molar-refractivity contribution in [1.29, 1.82) is 5.26 Å². The predicted octanol–water partition coefficient (Wildman–Crippen LogP) is 3.02. The first-order valence-corrected chi connectivity index (χ1v) is 7.26. The molecular formula is C18H18N2O3. The second kappa shape index (κ2) is 7.43. The summed E-state index contributed by atoms with van der Waals surface area (Å²) in [5, 5.41) is 21.8. The van der Waals surface area contributed by atoms with Gasteiger partial charge >= 0.3 is 0 Å². The molecule has 0 bridgehead atoms. The summed E-state index contributed by atoms with van der Waals surface area (Å²) in [6.07, 6.45) is -1.32. The van der Waals surface area contributed by atoms with E-state index >= 15 is 0 Å². The highest BCUT2D eigenvalue weighted by molar-refractivity contribution is 5.94. The normalized spacial score (nSPS) is 11.6. The van der Waals surface area contributed by atoms with Crippen molar-refractivity contribution in [2.75, 3.05) is 5.32 Å². The molecule has 5 nitrogen and oxygen atoms in total. The molecule has 0 saturated carbocycles. The van der Waals surface area contributed by atoms with Crippen molar-refractivity contribution in [3.8, 4) is 11.8 Å². The van der Waals surface area contributed by atoms with Gasteiger partial charge in [0.1, 0.15) is 11.8 Å². The molecule has 0 aliphatic heterocycles. The smallest absolute Gasteiger partial charge is 0.257 e. The van der Waals surface area contributed by atoms with Gasteiger partial charge in [0.25, 0.3) is 5.91 Å². The molecule has 1 atom stereocenters. The van der Waals surface area contributed by atoms with E-state index in [1.165, 1.54) is 6.07 Å². The monoisotopic (exact) mass is 310 g/mol. The number of amides is 1. The number of benzene rings is 2. The third kappa shape index (κ3) is 4.31. The number of hydrogen-bond donors (Lipinski definition) is 2. The number of aliphatic hydroxyl groups is 1. The first-order chi connectivity index (χ1) is 11.0. The Balaban J connectivity index is 2.14. The highest BCUT2D eigenvalue weighted by atomic mass is 16.5. The molecule has 0 fully saturated rings. The van der Waals surface area contributed by atoms with Crippen LogP contribution in [0.25, 0.3) is 0 Å². The molecule has 2 rings (SSSR count). The maximum absolute atomic E-state index is 12.1. The fraction of sp³-hybridized carbons (Fsp3) is 0.222. The van der Waals surface area contributed by atoms with Crippen LogP contribution in [0.5, 0.6) is 5.75 Å². The number of nitriles is 1. The molecule has 0 aromatic heterocycles. The average Bonchev–Trinajstić information content (AvgIpc) is 2.55. The molecule has 0 saturated heterocycles. The Hall–Kier alpha value is -2.84. The van der Waals surface area contributed by atoms with Gasteiger partial charge in [-0.3, -0.25) is 4.79 Å². The molecule has 2 aromatic rings. The summed E-state index contributed by atoms with van der Waals surface area (Å²) in [4.78, 5) is 12.1. The molecule has 0 spiro atoms. The third-order valence-electron chi connectivity index (χ3n) is 3.09. The summed E-state index contributed by atoms with van der Waals surface area (Å²) < 4.78 is 5.53. The number of carbonyl (C=O) groups excluding carboxylic acids is 1. The van der Waals surface area contributed by atoms with Gasteiger partial charge in [-0.05, 0) is 37.6 Å². The molecule has 2 N–H and O–H groups in total. The standard InChI is InChI=1S/C18H18N2O3/c1-12(2)23-16-9-8-15(10-14(16)11-19)20-18(22)17(21)13-6-4-3-5-7-13/h3-10,12,17,21H,1-2H3,(H,20,22)/t17-/m1/s1. The number of aliphatic hydroxyl groups excluding tert-OH is 1. The number of nitrogens with zero attached hydrogens (tertiary/aromatic N) is 1. The van der Waals surface area contributed by atoms with E-state index in [4.69, 9.17) is 4.74 Å². The Morgan fingerprint density at radius 1 is 1.22 bits per heavy atom. The van der Waals surface area contributed by atoms with Crippen LogP contribution >= 0.6 is 0 Å². The van der Waals surface area contributed by atoms with Gasteiger partial charge in [0, 0.05) is 5.69 Å². The van der Waals surface area contributed by atoms with Crippen LogP contribution in [0.4, 0.5) is 5.69 Å². The molecular weight excluding hydrogens is 292 g/mol. The Morgan fingerprint density at radius 3 is 2.52 bits per heavy atom. The van der Waals surface area contributed by atoms with Crippen LogP contribution in [0, 0.1) is 11.3 Å². The molecule has 5 heteroatoms. The van der Waals surface area contributed by atoms with Gasteiger partial charge in [-0.1, -0.05) is 30.3 Å². The van der Waals surface area contributed by atoms with Crippen molar-refractivity contribution >= 4 is 11.6 Å². The molecule has 0 aliphatic carbocycles. The van der Waals surface area contributed by atoms with Gasteiger partial charge in [-0.2, -0.15) is 5.26 Å². The van der Waals surface area contributed by atoms with Crippen LogP contribution in [0.15, 0.2) is 48.5 Å². The summed E-state index contributed by atoms with van der Waals surface area (Å²) >= 11 is 0. The van der Waals surface area contributed by atoms with Crippen LogP contribution in [0.3, 0.4) is 0 Å². The number of carbonyl (C=O) groups is 1. The molecule has 0 aliphatic rings. The van der Waals surface area contributed by atoms with Crippen molar-refractivity contribution < 1.29 is 14.6 Å². The van der Waals surface area contributed by atoms with Crippen LogP contribution in [-0.2, 0) is 4.79 Å². The van der Waals surface area contributed by atoms with Gasteiger partial charge in [0.05, 0.1) is 11.7 Å². The lowest BCUT2D eigenvalue weighted by Gasteiger charge is -2.14. The first kappa shape index (κ1) is 16.5. The van der Waals surface area contributed by atoms with Gasteiger partial charge in [0.2, 0.25) is 0 Å². The van der Waals surface area contributed by atoms with Crippen molar-refractivity contribution in [2.45, 2.75) is 26.1 Å². The highest BCUT2D eigenvalue weighted by Gasteiger charge is 2.17. The fourth-order valence-corrected chi connectivity index (χ4v) is 2.05. The summed E-state index contributed by atoms with van der Waals surface area (Å²) in [7, 11) is 0. The highest BCUT2D eigenvalue weighted by Crippen LogP contribution is 2.24. The lowest BCUT2D eigenvalue weighted by Crippen LogP contribution is -2.20. The minimum Gasteiger partial charge on any atom is -0.490 e. The summed E-state index contributed by atoms with van der Waals surface area (Å²) in [5.41, 5.74) is 1.26. The molecule has 23 heavy (non-hydrogen) atoms. The topological polar surface area (TPSA) is 82.3 Å². The SMILES string of the molecule is CC(C)Oc1ccc(NC(=O)[C@H](O)c2ccccc2)cc1C#N. The molecule has 0 unspecified atom stereocenters. The molecule has 1 amide bonds. The van der Waals surface area contributed by atoms with Crippen molar-refractivity contribution in [1.82, 2.24) is 0 Å². The van der Waals surface area contributed by atoms with Crippen LogP contribution < -0.4 is 10.1 Å². The van der Waals surface area contributed by atoms with E-state index in [1.807, 2.05) is 19.9 Å². The van der Waals surface area contributed by atoms with Gasteiger partial charge in [-0.25, -0.2) is 0 Å². The zero-order chi connectivity index (χ0) is 16.8. The number of anilines is 1. The van der Waals surface area contributed by atoms with Crippen LogP contribution in [0.1, 0.15) is 31.1 Å². The van der Waals surface area contributed by atoms with E-state index in [-0.39, 0.29) is 6.10 Å². The minimum absolute atomic E-state index is 0.0533. The molecule has 0 heterocycles. The van der Waals surface area contributed by atoms with Gasteiger partial charge < -0.3 is 15.2 Å². The van der Waals surface area contributed by atoms with E-state index in [2.05, 4.69) is 5.32 Å². The fourth-order valence-electron chi connectivity index (χ4n) is 2.05. The largest absolute Gasteiger partial charge is 0.490 e. The Labute approximate surface area is 135 Å². The second-order valence-electron chi connectivity index (χ2n) is 5.29. The lowest BCUT2D eigenvalue weighted by atomic mass is 10.1. The van der Waals surface area contributed by atoms with Crippen molar-refractivity contribution in [2.24, 2.45) is 0 Å². The summed E-state index contributed by atoms with van der Waals surface area (Å²) in [5.74, 6) is -0.0956. The van der Waals surface area contributed by atoms with Crippen LogP contribution in [-0.4, -0.2) is 17.1 Å².